The second-order valence-electron chi connectivity index (χ2n) is 5.81. The van der Waals surface area contributed by atoms with E-state index in [4.69, 9.17) is 5.73 Å². The summed E-state index contributed by atoms with van der Waals surface area (Å²) in [7, 11) is 0. The first-order valence-electron chi connectivity index (χ1n) is 7.79. The smallest absolute Gasteiger partial charge is 0.257 e. The van der Waals surface area contributed by atoms with Gasteiger partial charge in [-0.25, -0.2) is 0 Å². The van der Waals surface area contributed by atoms with Crippen molar-refractivity contribution in [2.24, 2.45) is 11.7 Å². The lowest BCUT2D eigenvalue weighted by Gasteiger charge is -2.16. The topological polar surface area (TPSA) is 64.2 Å². The molecule has 0 unspecified atom stereocenters. The van der Waals surface area contributed by atoms with Crippen LogP contribution >= 0.6 is 0 Å². The van der Waals surface area contributed by atoms with Crippen molar-refractivity contribution in [3.05, 3.63) is 53.9 Å². The highest BCUT2D eigenvalue weighted by Gasteiger charge is 2.35. The Hall–Kier alpha value is -2.14. The van der Waals surface area contributed by atoms with Gasteiger partial charge in [0.25, 0.3) is 5.91 Å². The number of nitrogens with two attached hydrogens (primary N) is 1. The number of aromatic nitrogens is 2. The van der Waals surface area contributed by atoms with Crippen molar-refractivity contribution in [3.63, 3.8) is 0 Å². The Morgan fingerprint density at radius 1 is 1.32 bits per heavy atom. The van der Waals surface area contributed by atoms with Crippen LogP contribution < -0.4 is 5.73 Å². The van der Waals surface area contributed by atoms with Crippen molar-refractivity contribution >= 4 is 5.91 Å². The van der Waals surface area contributed by atoms with Gasteiger partial charge in [0.05, 0.1) is 11.8 Å². The summed E-state index contributed by atoms with van der Waals surface area (Å²) in [6.45, 7) is 4.81. The summed E-state index contributed by atoms with van der Waals surface area (Å²) < 4.78 is 1.78. The second kappa shape index (κ2) is 6.32. The van der Waals surface area contributed by atoms with Gasteiger partial charge in [0.1, 0.15) is 0 Å². The van der Waals surface area contributed by atoms with Crippen molar-refractivity contribution in [3.8, 4) is 0 Å². The molecular weight excluding hydrogens is 276 g/mol. The molecule has 2 heterocycles. The number of rotatable bonds is 4. The molecule has 5 nitrogen and oxygen atoms in total. The quantitative estimate of drug-likeness (QED) is 0.934. The Balaban J connectivity index is 1.77. The molecule has 3 rings (SSSR count). The van der Waals surface area contributed by atoms with Crippen LogP contribution in [0.5, 0.6) is 0 Å². The Bertz CT molecular complexity index is 637. The van der Waals surface area contributed by atoms with Gasteiger partial charge in [0.2, 0.25) is 0 Å². The molecule has 1 aliphatic heterocycles. The number of amides is 1. The number of aryl methyl sites for hydroxylation is 1. The Kier molecular flexibility index (Phi) is 4.24. The van der Waals surface area contributed by atoms with Crippen molar-refractivity contribution in [1.82, 2.24) is 14.7 Å². The van der Waals surface area contributed by atoms with Crippen LogP contribution in [0.3, 0.4) is 0 Å². The zero-order chi connectivity index (χ0) is 15.5. The summed E-state index contributed by atoms with van der Waals surface area (Å²) in [5.74, 6) is 0.681. The van der Waals surface area contributed by atoms with Gasteiger partial charge in [-0.3, -0.25) is 9.48 Å². The number of carbonyl (C=O) groups excluding carboxylic acids is 1. The van der Waals surface area contributed by atoms with E-state index in [1.165, 1.54) is 5.56 Å². The molecule has 2 N–H and O–H groups in total. The van der Waals surface area contributed by atoms with E-state index in [0.717, 1.165) is 13.1 Å². The summed E-state index contributed by atoms with van der Waals surface area (Å²) in [5, 5.41) is 4.19. The molecule has 1 aromatic carbocycles. The van der Waals surface area contributed by atoms with E-state index in [0.29, 0.717) is 30.5 Å². The van der Waals surface area contributed by atoms with Crippen LogP contribution in [0.2, 0.25) is 0 Å². The minimum Gasteiger partial charge on any atom is -0.338 e. The van der Waals surface area contributed by atoms with Crippen LogP contribution in [0.1, 0.15) is 28.8 Å². The first kappa shape index (κ1) is 14.8. The zero-order valence-corrected chi connectivity index (χ0v) is 12.9. The van der Waals surface area contributed by atoms with E-state index in [-0.39, 0.29) is 5.91 Å². The molecule has 1 saturated heterocycles. The van der Waals surface area contributed by atoms with Gasteiger partial charge in [-0.2, -0.15) is 5.10 Å². The van der Waals surface area contributed by atoms with Gasteiger partial charge >= 0.3 is 0 Å². The number of hydrogen-bond donors (Lipinski definition) is 1. The molecule has 1 amide bonds. The van der Waals surface area contributed by atoms with Gasteiger partial charge in [0, 0.05) is 31.7 Å². The zero-order valence-electron chi connectivity index (χ0n) is 12.9. The molecule has 5 heteroatoms. The van der Waals surface area contributed by atoms with Gasteiger partial charge in [-0.15, -0.1) is 0 Å². The molecule has 0 bridgehead atoms. The van der Waals surface area contributed by atoms with Crippen LogP contribution in [0.15, 0.2) is 42.7 Å². The first-order valence-corrected chi connectivity index (χ1v) is 7.79. The number of carbonyl (C=O) groups is 1. The first-order chi connectivity index (χ1) is 10.7. The van der Waals surface area contributed by atoms with Gasteiger partial charge in [-0.1, -0.05) is 30.3 Å². The Morgan fingerprint density at radius 2 is 2.09 bits per heavy atom. The van der Waals surface area contributed by atoms with Crippen LogP contribution in [0.4, 0.5) is 0 Å². The third kappa shape index (κ3) is 2.76. The maximum Gasteiger partial charge on any atom is 0.257 e. The standard InChI is InChI=1S/C17H22N4O/c1-2-21-11-15(9-19-21)17(22)20-10-14(8-18)16(12-20)13-6-4-3-5-7-13/h3-7,9,11,14,16H,2,8,10,12,18H2,1H3/t14-,16+/m1/s1. The average Bonchev–Trinajstić information content (AvgIpc) is 3.21. The van der Waals surface area contributed by atoms with Gasteiger partial charge in [-0.05, 0) is 24.9 Å². The number of hydrogen-bond acceptors (Lipinski definition) is 3. The summed E-state index contributed by atoms with van der Waals surface area (Å²) in [4.78, 5) is 14.6. The fourth-order valence-corrected chi connectivity index (χ4v) is 3.18. The molecule has 0 saturated carbocycles. The highest BCUT2D eigenvalue weighted by atomic mass is 16.2. The van der Waals surface area contributed by atoms with Crippen molar-refractivity contribution in [2.45, 2.75) is 19.4 Å². The molecule has 0 radical (unpaired) electrons. The van der Waals surface area contributed by atoms with Crippen LogP contribution in [-0.4, -0.2) is 40.2 Å². The van der Waals surface area contributed by atoms with Gasteiger partial charge in [0.15, 0.2) is 0 Å². The maximum atomic E-state index is 12.6. The van der Waals surface area contributed by atoms with E-state index >= 15 is 0 Å². The molecular formula is C17H22N4O. The second-order valence-corrected chi connectivity index (χ2v) is 5.81. The Labute approximate surface area is 130 Å². The molecule has 1 aliphatic rings. The molecule has 0 aliphatic carbocycles. The molecule has 1 fully saturated rings. The summed E-state index contributed by atoms with van der Waals surface area (Å²) in [5.41, 5.74) is 7.85. The largest absolute Gasteiger partial charge is 0.338 e. The van der Waals surface area contributed by atoms with Crippen LogP contribution in [0, 0.1) is 5.92 Å². The fourth-order valence-electron chi connectivity index (χ4n) is 3.18. The number of benzene rings is 1. The summed E-state index contributed by atoms with van der Waals surface area (Å²) >= 11 is 0. The average molecular weight is 298 g/mol. The van der Waals surface area contributed by atoms with E-state index in [1.807, 2.05) is 36.2 Å². The van der Waals surface area contributed by atoms with E-state index in [1.54, 1.807) is 10.9 Å². The summed E-state index contributed by atoms with van der Waals surface area (Å²) in [6, 6.07) is 10.3. The van der Waals surface area contributed by atoms with Crippen molar-refractivity contribution in [1.29, 1.82) is 0 Å². The Morgan fingerprint density at radius 3 is 2.73 bits per heavy atom. The number of likely N-dealkylation sites (tertiary alicyclic amines) is 1. The SMILES string of the molecule is CCn1cc(C(=O)N2C[C@@H](CN)[C@H](c3ccccc3)C2)cn1. The van der Waals surface area contributed by atoms with Crippen LogP contribution in [0.25, 0.3) is 0 Å². The van der Waals surface area contributed by atoms with Crippen molar-refractivity contribution < 1.29 is 4.79 Å². The molecule has 116 valence electrons. The summed E-state index contributed by atoms with van der Waals surface area (Å²) in [6.07, 6.45) is 3.47. The third-order valence-corrected chi connectivity index (χ3v) is 4.46. The monoisotopic (exact) mass is 298 g/mol. The van der Waals surface area contributed by atoms with Crippen molar-refractivity contribution in [2.75, 3.05) is 19.6 Å². The molecule has 1 aromatic heterocycles. The van der Waals surface area contributed by atoms with Gasteiger partial charge < -0.3 is 10.6 Å². The maximum absolute atomic E-state index is 12.6. The predicted octanol–water partition coefficient (Wildman–Crippen LogP) is 1.72. The molecule has 2 atom stereocenters. The lowest BCUT2D eigenvalue weighted by Crippen LogP contribution is -2.29. The fraction of sp³-hybridized carbons (Fsp3) is 0.412. The molecule has 22 heavy (non-hydrogen) atoms. The molecule has 0 spiro atoms. The minimum atomic E-state index is 0.0524. The molecule has 2 aromatic rings. The predicted molar refractivity (Wildman–Crippen MR) is 85.5 cm³/mol. The van der Waals surface area contributed by atoms with E-state index < -0.39 is 0 Å². The number of nitrogens with zero attached hydrogens (tertiary/aromatic N) is 3. The van der Waals surface area contributed by atoms with E-state index in [9.17, 15) is 4.79 Å². The normalized spacial score (nSPS) is 21.3. The van der Waals surface area contributed by atoms with E-state index in [2.05, 4.69) is 17.2 Å². The minimum absolute atomic E-state index is 0.0524. The highest BCUT2D eigenvalue weighted by Crippen LogP contribution is 2.32. The third-order valence-electron chi connectivity index (χ3n) is 4.46. The lowest BCUT2D eigenvalue weighted by molar-refractivity contribution is 0.0786. The highest BCUT2D eigenvalue weighted by molar-refractivity contribution is 5.94. The van der Waals surface area contributed by atoms with Crippen LogP contribution in [-0.2, 0) is 6.54 Å². The lowest BCUT2D eigenvalue weighted by atomic mass is 9.89.